The first kappa shape index (κ1) is 19.4. The maximum absolute atomic E-state index is 12.1. The van der Waals surface area contributed by atoms with E-state index in [0.717, 1.165) is 35.6 Å². The van der Waals surface area contributed by atoms with E-state index >= 15 is 0 Å². The van der Waals surface area contributed by atoms with Gasteiger partial charge in [-0.3, -0.25) is 4.79 Å². The summed E-state index contributed by atoms with van der Waals surface area (Å²) in [6.45, 7) is 1.86. The van der Waals surface area contributed by atoms with Crippen LogP contribution in [-0.2, 0) is 24.4 Å². The van der Waals surface area contributed by atoms with Crippen molar-refractivity contribution in [1.82, 2.24) is 4.90 Å². The zero-order chi connectivity index (χ0) is 21.0. The van der Waals surface area contributed by atoms with Crippen LogP contribution < -0.4 is 9.47 Å². The lowest BCUT2D eigenvalue weighted by atomic mass is 9.88. The summed E-state index contributed by atoms with van der Waals surface area (Å²) >= 11 is 0. The number of ketones is 1. The van der Waals surface area contributed by atoms with E-state index in [9.17, 15) is 4.79 Å². The topological polar surface area (TPSA) is 38.8 Å². The first-order valence-electron chi connectivity index (χ1n) is 10.7. The zero-order valence-corrected chi connectivity index (χ0v) is 17.4. The summed E-state index contributed by atoms with van der Waals surface area (Å²) in [6.07, 6.45) is 5.05. The second-order valence-electron chi connectivity index (χ2n) is 8.04. The third kappa shape index (κ3) is 4.33. The number of allylic oxidation sites excluding steroid dienone is 1. The Morgan fingerprint density at radius 2 is 1.45 bits per heavy atom. The number of carbonyl (C=O) groups is 1. The monoisotopic (exact) mass is 411 g/mol. The van der Waals surface area contributed by atoms with Crippen LogP contribution >= 0.6 is 0 Å². The smallest absolute Gasteiger partial charge is 0.162 e. The third-order valence-electron chi connectivity index (χ3n) is 5.92. The summed E-state index contributed by atoms with van der Waals surface area (Å²) in [5.74, 6) is 1.65. The van der Waals surface area contributed by atoms with E-state index in [1.807, 2.05) is 42.6 Å². The van der Waals surface area contributed by atoms with E-state index in [0.29, 0.717) is 19.6 Å². The predicted molar refractivity (Wildman–Crippen MR) is 120 cm³/mol. The Balaban J connectivity index is 1.45. The van der Waals surface area contributed by atoms with Crippen molar-refractivity contribution in [3.8, 4) is 11.5 Å². The second-order valence-corrected chi connectivity index (χ2v) is 8.04. The van der Waals surface area contributed by atoms with Crippen molar-refractivity contribution in [2.24, 2.45) is 0 Å². The van der Waals surface area contributed by atoms with E-state index in [4.69, 9.17) is 9.47 Å². The first-order valence-corrected chi connectivity index (χ1v) is 10.7. The van der Waals surface area contributed by atoms with E-state index in [1.165, 1.54) is 11.1 Å². The summed E-state index contributed by atoms with van der Waals surface area (Å²) in [6, 6.07) is 24.5. The molecule has 0 bridgehead atoms. The molecule has 0 radical (unpaired) electrons. The molecule has 0 saturated carbocycles. The van der Waals surface area contributed by atoms with E-state index < -0.39 is 0 Å². The first-order chi connectivity index (χ1) is 15.3. The van der Waals surface area contributed by atoms with Crippen molar-refractivity contribution in [3.63, 3.8) is 0 Å². The van der Waals surface area contributed by atoms with Gasteiger partial charge in [0.05, 0.1) is 6.04 Å². The lowest BCUT2D eigenvalue weighted by molar-refractivity contribution is -0.116. The highest BCUT2D eigenvalue weighted by molar-refractivity contribution is 5.91. The van der Waals surface area contributed by atoms with Crippen LogP contribution in [0.25, 0.3) is 0 Å². The molecule has 4 nitrogen and oxygen atoms in total. The van der Waals surface area contributed by atoms with Crippen molar-refractivity contribution in [2.75, 3.05) is 6.54 Å². The Morgan fingerprint density at radius 3 is 2.10 bits per heavy atom. The highest BCUT2D eigenvalue weighted by atomic mass is 16.5. The molecule has 3 aromatic carbocycles. The number of hydrogen-bond acceptors (Lipinski definition) is 4. The second kappa shape index (κ2) is 8.68. The largest absolute Gasteiger partial charge is 0.485 e. The fourth-order valence-corrected chi connectivity index (χ4v) is 4.27. The maximum atomic E-state index is 12.1. The normalized spacial score (nSPS) is 17.1. The number of nitrogens with zero attached hydrogens (tertiary/aromatic N) is 1. The highest BCUT2D eigenvalue weighted by Crippen LogP contribution is 2.41. The van der Waals surface area contributed by atoms with E-state index in [1.54, 1.807) is 6.08 Å². The molecule has 4 heteroatoms. The molecular weight excluding hydrogens is 386 g/mol. The van der Waals surface area contributed by atoms with Gasteiger partial charge >= 0.3 is 0 Å². The molecule has 0 saturated heterocycles. The minimum absolute atomic E-state index is 0.0727. The maximum Gasteiger partial charge on any atom is 0.162 e. The van der Waals surface area contributed by atoms with Crippen molar-refractivity contribution in [3.05, 3.63) is 107 Å². The predicted octanol–water partition coefficient (Wildman–Crippen LogP) is 5.23. The van der Waals surface area contributed by atoms with Gasteiger partial charge < -0.3 is 14.4 Å². The summed E-state index contributed by atoms with van der Waals surface area (Å²) in [5, 5.41) is 0. The minimum Gasteiger partial charge on any atom is -0.485 e. The fourth-order valence-electron chi connectivity index (χ4n) is 4.27. The molecule has 0 spiro atoms. The van der Waals surface area contributed by atoms with Crippen LogP contribution in [0.15, 0.2) is 85.1 Å². The van der Waals surface area contributed by atoms with Gasteiger partial charge in [0.25, 0.3) is 0 Å². The highest BCUT2D eigenvalue weighted by Gasteiger charge is 2.31. The fraction of sp³-hybridized carbons (Fsp3) is 0.222. The molecule has 0 fully saturated rings. The van der Waals surface area contributed by atoms with Crippen molar-refractivity contribution >= 4 is 5.78 Å². The quantitative estimate of drug-likeness (QED) is 0.557. The zero-order valence-electron chi connectivity index (χ0n) is 17.4. The molecule has 1 atom stereocenters. The van der Waals surface area contributed by atoms with Gasteiger partial charge in [-0.05, 0) is 46.9 Å². The SMILES string of the molecule is O=C1C=CN2CCc3cc(OCc4ccccc4)c(OCc4ccccc4)cc3C2C1. The van der Waals surface area contributed by atoms with Gasteiger partial charge in [-0.2, -0.15) is 0 Å². The molecule has 1 unspecified atom stereocenters. The Kier molecular flexibility index (Phi) is 5.44. The lowest BCUT2D eigenvalue weighted by Crippen LogP contribution is -2.35. The molecule has 0 N–H and O–H groups in total. The van der Waals surface area contributed by atoms with Crippen LogP contribution in [0.3, 0.4) is 0 Å². The van der Waals surface area contributed by atoms with Gasteiger partial charge in [-0.25, -0.2) is 0 Å². The van der Waals surface area contributed by atoms with Gasteiger partial charge in [0.1, 0.15) is 13.2 Å². The number of carbonyl (C=O) groups excluding carboxylic acids is 1. The average molecular weight is 412 g/mol. The molecule has 3 aromatic rings. The molecule has 2 aliphatic rings. The Labute approximate surface area is 182 Å². The van der Waals surface area contributed by atoms with Crippen LogP contribution in [0.4, 0.5) is 0 Å². The van der Waals surface area contributed by atoms with Gasteiger partial charge in [0.2, 0.25) is 0 Å². The standard InChI is InChI=1S/C27H25NO3/c29-23-12-14-28-13-11-22-15-26(30-18-20-7-3-1-4-8-20)27(17-24(22)25(28)16-23)31-19-21-9-5-2-6-10-21/h1-10,12,14-15,17,25H,11,13,16,18-19H2. The van der Waals surface area contributed by atoms with E-state index in [-0.39, 0.29) is 11.8 Å². The summed E-state index contributed by atoms with van der Waals surface area (Å²) in [7, 11) is 0. The van der Waals surface area contributed by atoms with Gasteiger partial charge in [-0.1, -0.05) is 60.7 Å². The third-order valence-corrected chi connectivity index (χ3v) is 5.92. The molecule has 5 rings (SSSR count). The number of ether oxygens (including phenoxy) is 2. The number of rotatable bonds is 6. The summed E-state index contributed by atoms with van der Waals surface area (Å²) < 4.78 is 12.5. The van der Waals surface area contributed by atoms with Crippen LogP contribution in [-0.4, -0.2) is 17.2 Å². The van der Waals surface area contributed by atoms with Crippen molar-refractivity contribution in [1.29, 1.82) is 0 Å². The van der Waals surface area contributed by atoms with Crippen LogP contribution in [0, 0.1) is 0 Å². The molecule has 0 aromatic heterocycles. The molecule has 31 heavy (non-hydrogen) atoms. The number of hydrogen-bond donors (Lipinski definition) is 0. The number of fused-ring (bicyclic) bond motifs is 3. The van der Waals surface area contributed by atoms with Gasteiger partial charge in [0, 0.05) is 19.2 Å². The Bertz CT molecular complexity index is 1090. The molecule has 0 amide bonds. The van der Waals surface area contributed by atoms with E-state index in [2.05, 4.69) is 41.3 Å². The van der Waals surface area contributed by atoms with Crippen LogP contribution in [0.2, 0.25) is 0 Å². The minimum atomic E-state index is 0.0727. The van der Waals surface area contributed by atoms with Gasteiger partial charge in [-0.15, -0.1) is 0 Å². The Morgan fingerprint density at radius 1 is 0.839 bits per heavy atom. The summed E-state index contributed by atoms with van der Waals surface area (Å²) in [5.41, 5.74) is 4.62. The lowest BCUT2D eigenvalue weighted by Gasteiger charge is -2.38. The van der Waals surface area contributed by atoms with Crippen LogP contribution in [0.1, 0.15) is 34.7 Å². The van der Waals surface area contributed by atoms with Crippen LogP contribution in [0.5, 0.6) is 11.5 Å². The molecule has 2 aliphatic heterocycles. The van der Waals surface area contributed by atoms with Crippen molar-refractivity contribution < 1.29 is 14.3 Å². The van der Waals surface area contributed by atoms with Crippen molar-refractivity contribution in [2.45, 2.75) is 32.1 Å². The molecule has 0 aliphatic carbocycles. The average Bonchev–Trinajstić information content (AvgIpc) is 2.82. The molecule has 2 heterocycles. The molecular formula is C27H25NO3. The summed E-state index contributed by atoms with van der Waals surface area (Å²) in [4.78, 5) is 14.3. The molecule has 156 valence electrons. The number of benzene rings is 3. The Hall–Kier alpha value is -3.53. The van der Waals surface area contributed by atoms with Gasteiger partial charge in [0.15, 0.2) is 17.3 Å².